The van der Waals surface area contributed by atoms with E-state index in [0.717, 1.165) is 0 Å². The van der Waals surface area contributed by atoms with Gasteiger partial charge in [-0.15, -0.1) is 13.2 Å². The predicted octanol–water partition coefficient (Wildman–Crippen LogP) is -0.325. The average Bonchev–Trinajstić information content (AvgIpc) is 1.00. The molecule has 0 saturated heterocycles. The fourth-order valence-corrected chi connectivity index (χ4v) is 0. The molecule has 0 aliphatic rings. The molecule has 2 nitrogen and oxygen atoms in total. The normalized spacial score (nSPS) is 0.800. The van der Waals surface area contributed by atoms with Gasteiger partial charge >= 0.3 is 0 Å². The van der Waals surface area contributed by atoms with Crippen molar-refractivity contribution < 1.29 is 0 Å². The molecule has 0 aromatic heterocycles. The van der Waals surface area contributed by atoms with Crippen molar-refractivity contribution in [3.63, 3.8) is 0 Å². The molecular weight excluding hydrogens is 80.1 g/mol. The van der Waals surface area contributed by atoms with Gasteiger partial charge in [-0.3, -0.25) is 0 Å². The minimum atomic E-state index is 0. The van der Waals surface area contributed by atoms with Crippen molar-refractivity contribution in [2.45, 2.75) is 0 Å². The second-order valence-corrected chi connectivity index (χ2v) is 0. The van der Waals surface area contributed by atoms with Crippen LogP contribution in [0.3, 0.4) is 0 Å². The summed E-state index contributed by atoms with van der Waals surface area (Å²) < 4.78 is 0. The highest BCUT2D eigenvalue weighted by Crippen LogP contribution is 0.862. The lowest BCUT2D eigenvalue weighted by molar-refractivity contribution is 2.13. The molecular formula is C2H14N2Si. The van der Waals surface area contributed by atoms with E-state index in [-0.39, 0.29) is 23.3 Å². The molecule has 0 amide bonds. The first kappa shape index (κ1) is 95.3. The van der Waals surface area contributed by atoms with Gasteiger partial charge in [0.1, 0.15) is 0 Å². The molecule has 0 heterocycles. The summed E-state index contributed by atoms with van der Waals surface area (Å²) in [4.78, 5) is 0. The maximum absolute atomic E-state index is 3.00. The molecule has 0 aromatic carbocycles. The maximum Gasteiger partial charge on any atom is -0.0149 e. The van der Waals surface area contributed by atoms with Crippen LogP contribution >= 0.6 is 0 Å². The summed E-state index contributed by atoms with van der Waals surface area (Å²) in [7, 11) is 0. The van der Waals surface area contributed by atoms with E-state index in [1.54, 1.807) is 0 Å². The Morgan fingerprint density at radius 3 is 0.800 bits per heavy atom. The molecule has 0 saturated carbocycles. The monoisotopic (exact) mass is 94.1 g/mol. The Bertz CT molecular complexity index is 7.61. The molecule has 0 atom stereocenters. The molecule has 0 fully saturated rings. The summed E-state index contributed by atoms with van der Waals surface area (Å²) in [5.74, 6) is 0. The highest BCUT2D eigenvalue weighted by molar-refractivity contribution is 5.75. The zero-order chi connectivity index (χ0) is 2.00. The molecule has 0 aromatic rings. The third-order valence-corrected chi connectivity index (χ3v) is 0. The third kappa shape index (κ3) is 901. The lowest BCUT2D eigenvalue weighted by Gasteiger charge is -0.813. The Morgan fingerprint density at radius 2 is 0.800 bits per heavy atom. The standard InChI is InChI=1S/C2H4.2H3N.H4Si/c1-2;;;/h1-2H2;2*1H3;1H4. The first-order chi connectivity index (χ1) is 1.00. The maximum atomic E-state index is 3.00. The number of rotatable bonds is 0. The smallest absolute Gasteiger partial charge is 0.0149 e. The molecule has 0 spiro atoms. The zero-order valence-electron chi connectivity index (χ0n) is 2.83. The highest BCUT2D eigenvalue weighted by Gasteiger charge is 0.601. The second-order valence-electron chi connectivity index (χ2n) is 0. The second kappa shape index (κ2) is 2120. The Hall–Kier alpha value is -0.123. The van der Waals surface area contributed by atoms with Gasteiger partial charge in [-0.05, 0) is 11.0 Å². The van der Waals surface area contributed by atoms with Crippen LogP contribution in [0.1, 0.15) is 0 Å². The van der Waals surface area contributed by atoms with Gasteiger partial charge in [0.05, 0.1) is 0 Å². The van der Waals surface area contributed by atoms with Gasteiger partial charge < -0.3 is 12.3 Å². The van der Waals surface area contributed by atoms with Crippen LogP contribution in [-0.2, 0) is 0 Å². The molecule has 0 aliphatic carbocycles. The topological polar surface area (TPSA) is 70.0 Å². The predicted molar refractivity (Wildman–Crippen MR) is 32.6 cm³/mol. The Labute approximate surface area is 37.5 Å². The number of hydrogen-bond acceptors (Lipinski definition) is 2. The van der Waals surface area contributed by atoms with Gasteiger partial charge in [0.25, 0.3) is 0 Å². The summed E-state index contributed by atoms with van der Waals surface area (Å²) in [6, 6.07) is 0. The molecule has 3 heteroatoms. The van der Waals surface area contributed by atoms with Crippen LogP contribution in [0.5, 0.6) is 0 Å². The van der Waals surface area contributed by atoms with E-state index in [1.165, 1.54) is 0 Å². The minimum absolute atomic E-state index is 0. The molecule has 0 radical (unpaired) electrons. The van der Waals surface area contributed by atoms with Crippen LogP contribution < -0.4 is 12.3 Å². The Kier molecular flexibility index (Phi) is 40400. The van der Waals surface area contributed by atoms with Crippen LogP contribution in [0.2, 0.25) is 0 Å². The minimum Gasteiger partial charge on any atom is -0.344 e. The summed E-state index contributed by atoms with van der Waals surface area (Å²) >= 11 is 0. The van der Waals surface area contributed by atoms with E-state index in [1.807, 2.05) is 0 Å². The van der Waals surface area contributed by atoms with E-state index in [2.05, 4.69) is 13.2 Å². The molecule has 5 heavy (non-hydrogen) atoms. The first-order valence-corrected chi connectivity index (χ1v) is 0.500. The van der Waals surface area contributed by atoms with E-state index in [0.29, 0.717) is 0 Å². The van der Waals surface area contributed by atoms with Gasteiger partial charge in [-0.25, -0.2) is 0 Å². The van der Waals surface area contributed by atoms with Crippen molar-refractivity contribution in [3.8, 4) is 0 Å². The van der Waals surface area contributed by atoms with Crippen LogP contribution in [0.25, 0.3) is 0 Å². The highest BCUT2D eigenvalue weighted by atomic mass is 28.1. The Morgan fingerprint density at radius 1 is 0.800 bits per heavy atom. The van der Waals surface area contributed by atoms with E-state index < -0.39 is 0 Å². The molecule has 0 rings (SSSR count). The molecule has 36 valence electrons. The van der Waals surface area contributed by atoms with Gasteiger partial charge in [-0.2, -0.15) is 0 Å². The first-order valence-electron chi connectivity index (χ1n) is 0.500. The third-order valence-electron chi connectivity index (χ3n) is 0. The van der Waals surface area contributed by atoms with Crippen LogP contribution in [0.4, 0.5) is 0 Å². The van der Waals surface area contributed by atoms with E-state index >= 15 is 0 Å². The van der Waals surface area contributed by atoms with Gasteiger partial charge in [-0.1, -0.05) is 0 Å². The summed E-state index contributed by atoms with van der Waals surface area (Å²) in [6.45, 7) is 6.00. The zero-order valence-corrected chi connectivity index (χ0v) is 2.83. The van der Waals surface area contributed by atoms with Crippen molar-refractivity contribution in [2.75, 3.05) is 0 Å². The fraction of sp³-hybridized carbons (Fsp3) is 0. The van der Waals surface area contributed by atoms with E-state index in [4.69, 9.17) is 0 Å². The molecule has 0 unspecified atom stereocenters. The van der Waals surface area contributed by atoms with Gasteiger partial charge in [0.2, 0.25) is 0 Å². The van der Waals surface area contributed by atoms with Crippen molar-refractivity contribution in [1.29, 1.82) is 0 Å². The lowest BCUT2D eigenvalue weighted by atomic mass is 11.3. The largest absolute Gasteiger partial charge is 0.344 e. The van der Waals surface area contributed by atoms with Crippen molar-refractivity contribution >= 4 is 11.0 Å². The van der Waals surface area contributed by atoms with Crippen molar-refractivity contribution in [1.82, 2.24) is 12.3 Å². The lowest BCUT2D eigenvalue weighted by Crippen LogP contribution is -0.552. The van der Waals surface area contributed by atoms with Gasteiger partial charge in [0.15, 0.2) is 0 Å². The average molecular weight is 94.2 g/mol. The quantitative estimate of drug-likeness (QED) is 0.319. The van der Waals surface area contributed by atoms with Crippen LogP contribution in [0.15, 0.2) is 13.2 Å². The van der Waals surface area contributed by atoms with Crippen LogP contribution in [-0.4, -0.2) is 11.0 Å². The van der Waals surface area contributed by atoms with Crippen molar-refractivity contribution in [2.24, 2.45) is 0 Å². The molecule has 0 bridgehead atoms. The van der Waals surface area contributed by atoms with Gasteiger partial charge in [0, 0.05) is 0 Å². The molecule has 0 aliphatic heterocycles. The molecule has 6 N–H and O–H groups in total. The Balaban J connectivity index is -0.00000000167. The SMILES string of the molecule is C=C.N.N.[SiH4]. The van der Waals surface area contributed by atoms with E-state index in [9.17, 15) is 0 Å². The summed E-state index contributed by atoms with van der Waals surface area (Å²) in [5.41, 5.74) is 0. The number of hydrogen-bond donors (Lipinski definition) is 2. The van der Waals surface area contributed by atoms with Crippen LogP contribution in [0, 0.1) is 0 Å². The fourth-order valence-electron chi connectivity index (χ4n) is 0. The summed E-state index contributed by atoms with van der Waals surface area (Å²) in [6.07, 6.45) is 0. The summed E-state index contributed by atoms with van der Waals surface area (Å²) in [5, 5.41) is 0. The van der Waals surface area contributed by atoms with Crippen molar-refractivity contribution in [3.05, 3.63) is 13.2 Å².